The van der Waals surface area contributed by atoms with Crippen LogP contribution in [0.5, 0.6) is 0 Å². The molecule has 24 heavy (non-hydrogen) atoms. The summed E-state index contributed by atoms with van der Waals surface area (Å²) < 4.78 is 0. The highest BCUT2D eigenvalue weighted by Gasteiger charge is 2.34. The molecule has 0 unspecified atom stereocenters. The number of benzene rings is 3. The van der Waals surface area contributed by atoms with Gasteiger partial charge in [-0.1, -0.05) is 54.6 Å². The highest BCUT2D eigenvalue weighted by Crippen LogP contribution is 2.22. The number of carbonyl (C=O) groups excluding carboxylic acids is 2. The maximum atomic E-state index is 12.6. The van der Waals surface area contributed by atoms with Crippen LogP contribution < -0.4 is 10.4 Å². The van der Waals surface area contributed by atoms with Crippen LogP contribution in [0.15, 0.2) is 78.4 Å². The number of hydrogen-bond donors (Lipinski definition) is 1. The molecule has 0 atom stereocenters. The summed E-state index contributed by atoms with van der Waals surface area (Å²) in [5.41, 5.74) is 4.20. The first kappa shape index (κ1) is 14.2. The molecule has 2 amide bonds. The lowest BCUT2D eigenvalue weighted by atomic mass is 10.0. The van der Waals surface area contributed by atoms with Crippen molar-refractivity contribution in [2.45, 2.75) is 0 Å². The molecule has 0 bridgehead atoms. The summed E-state index contributed by atoms with van der Waals surface area (Å²) in [4.78, 5) is 24.8. The van der Waals surface area contributed by atoms with E-state index >= 15 is 0 Å². The van der Waals surface area contributed by atoms with Crippen molar-refractivity contribution in [1.82, 2.24) is 5.43 Å². The third kappa shape index (κ3) is 2.44. The molecular formula is C20H14N2O2. The topological polar surface area (TPSA) is 49.4 Å². The van der Waals surface area contributed by atoms with Crippen LogP contribution in [0.3, 0.4) is 0 Å². The average Bonchev–Trinajstić information content (AvgIpc) is 2.90. The smallest absolute Gasteiger partial charge is 0.267 e. The second-order valence-corrected chi connectivity index (χ2v) is 5.58. The summed E-state index contributed by atoms with van der Waals surface area (Å²) in [5, 5.41) is 3.46. The summed E-state index contributed by atoms with van der Waals surface area (Å²) in [5.74, 6) is -0.739. The van der Waals surface area contributed by atoms with E-state index in [1.165, 1.54) is 5.01 Å². The molecule has 0 aliphatic carbocycles. The molecule has 4 nitrogen and oxygen atoms in total. The van der Waals surface area contributed by atoms with Crippen LogP contribution in [0.2, 0.25) is 0 Å². The molecule has 0 radical (unpaired) electrons. The molecule has 116 valence electrons. The standard InChI is InChI=1S/C20H14N2O2/c23-19-18(20(24)22(21-19)17-8-2-1-3-9-17)13-14-10-11-15-6-4-5-7-16(15)12-14/h1-13H,(H,21,23)/b18-13+. The van der Waals surface area contributed by atoms with Gasteiger partial charge in [0, 0.05) is 0 Å². The lowest BCUT2D eigenvalue weighted by molar-refractivity contribution is -0.117. The minimum absolute atomic E-state index is 0.133. The van der Waals surface area contributed by atoms with Crippen LogP contribution in [-0.4, -0.2) is 11.8 Å². The van der Waals surface area contributed by atoms with Crippen molar-refractivity contribution in [2.75, 3.05) is 5.01 Å². The Hall–Kier alpha value is -3.40. The van der Waals surface area contributed by atoms with Crippen LogP contribution in [0, 0.1) is 0 Å². The van der Waals surface area contributed by atoms with Crippen LogP contribution in [0.25, 0.3) is 16.8 Å². The van der Waals surface area contributed by atoms with Crippen molar-refractivity contribution in [3.8, 4) is 0 Å². The lowest BCUT2D eigenvalue weighted by Gasteiger charge is -2.13. The van der Waals surface area contributed by atoms with E-state index in [2.05, 4.69) is 5.43 Å². The van der Waals surface area contributed by atoms with E-state index in [0.717, 1.165) is 16.3 Å². The van der Waals surface area contributed by atoms with E-state index in [9.17, 15) is 9.59 Å². The third-order valence-electron chi connectivity index (χ3n) is 3.99. The molecule has 3 aromatic rings. The molecule has 1 saturated heterocycles. The number of carbonyl (C=O) groups is 2. The monoisotopic (exact) mass is 314 g/mol. The highest BCUT2D eigenvalue weighted by atomic mass is 16.2. The van der Waals surface area contributed by atoms with Gasteiger partial charge in [0.2, 0.25) is 0 Å². The fraction of sp³-hybridized carbons (Fsp3) is 0. The van der Waals surface area contributed by atoms with E-state index in [0.29, 0.717) is 5.69 Å². The molecule has 0 aromatic heterocycles. The van der Waals surface area contributed by atoms with Gasteiger partial charge in [0.25, 0.3) is 11.8 Å². The predicted molar refractivity (Wildman–Crippen MR) is 94.0 cm³/mol. The number of fused-ring (bicyclic) bond motifs is 1. The largest absolute Gasteiger partial charge is 0.282 e. The summed E-state index contributed by atoms with van der Waals surface area (Å²) >= 11 is 0. The van der Waals surface area contributed by atoms with Gasteiger partial charge in [-0.2, -0.15) is 0 Å². The number of amides is 2. The maximum absolute atomic E-state index is 12.6. The normalized spacial score (nSPS) is 16.0. The molecule has 4 rings (SSSR count). The number of hydrazine groups is 1. The van der Waals surface area contributed by atoms with Crippen molar-refractivity contribution in [3.05, 3.63) is 83.9 Å². The van der Waals surface area contributed by atoms with Crippen molar-refractivity contribution in [1.29, 1.82) is 0 Å². The molecule has 4 heteroatoms. The van der Waals surface area contributed by atoms with E-state index in [4.69, 9.17) is 0 Å². The molecule has 1 aliphatic rings. The van der Waals surface area contributed by atoms with Gasteiger partial charge in [-0.05, 0) is 40.6 Å². The Morgan fingerprint density at radius 1 is 0.792 bits per heavy atom. The third-order valence-corrected chi connectivity index (χ3v) is 3.99. The predicted octanol–water partition coefficient (Wildman–Crippen LogP) is 3.30. The quantitative estimate of drug-likeness (QED) is 0.583. The molecule has 3 aromatic carbocycles. The number of para-hydroxylation sites is 1. The fourth-order valence-corrected chi connectivity index (χ4v) is 2.78. The van der Waals surface area contributed by atoms with E-state index in [-0.39, 0.29) is 11.5 Å². The highest BCUT2D eigenvalue weighted by molar-refractivity contribution is 6.31. The van der Waals surface area contributed by atoms with Crippen molar-refractivity contribution >= 4 is 34.4 Å². The van der Waals surface area contributed by atoms with Crippen LogP contribution in [0.4, 0.5) is 5.69 Å². The Kier molecular flexibility index (Phi) is 3.35. The fourth-order valence-electron chi connectivity index (χ4n) is 2.78. The molecule has 0 spiro atoms. The Balaban J connectivity index is 1.71. The molecular weight excluding hydrogens is 300 g/mol. The van der Waals surface area contributed by atoms with Crippen molar-refractivity contribution in [3.63, 3.8) is 0 Å². The first-order chi connectivity index (χ1) is 11.7. The molecule has 1 heterocycles. The van der Waals surface area contributed by atoms with E-state index < -0.39 is 5.91 Å². The van der Waals surface area contributed by atoms with Gasteiger partial charge in [-0.25, -0.2) is 5.01 Å². The number of hydrogen-bond acceptors (Lipinski definition) is 2. The van der Waals surface area contributed by atoms with Gasteiger partial charge < -0.3 is 0 Å². The van der Waals surface area contributed by atoms with Crippen molar-refractivity contribution in [2.24, 2.45) is 0 Å². The second kappa shape index (κ2) is 5.66. The summed E-state index contributed by atoms with van der Waals surface area (Å²) in [6, 6.07) is 22.9. The van der Waals surface area contributed by atoms with E-state index in [1.807, 2.05) is 60.7 Å². The number of anilines is 1. The summed E-state index contributed by atoms with van der Waals surface area (Å²) in [6.07, 6.45) is 1.63. The number of rotatable bonds is 2. The molecule has 1 fully saturated rings. The van der Waals surface area contributed by atoms with Crippen molar-refractivity contribution < 1.29 is 9.59 Å². The van der Waals surface area contributed by atoms with E-state index in [1.54, 1.807) is 18.2 Å². The Morgan fingerprint density at radius 2 is 1.50 bits per heavy atom. The Bertz CT molecular complexity index is 977. The molecule has 1 N–H and O–H groups in total. The molecule has 0 saturated carbocycles. The minimum Gasteiger partial charge on any atom is -0.267 e. The SMILES string of the molecule is O=C1NN(c2ccccc2)C(=O)/C1=C/c1ccc2ccccc2c1. The van der Waals surface area contributed by atoms with Gasteiger partial charge in [-0.15, -0.1) is 0 Å². The summed E-state index contributed by atoms with van der Waals surface area (Å²) in [6.45, 7) is 0. The van der Waals surface area contributed by atoms with Gasteiger partial charge in [-0.3, -0.25) is 15.0 Å². The second-order valence-electron chi connectivity index (χ2n) is 5.58. The first-order valence-corrected chi connectivity index (χ1v) is 7.63. The molecule has 1 aliphatic heterocycles. The zero-order chi connectivity index (χ0) is 16.5. The van der Waals surface area contributed by atoms with Crippen LogP contribution in [0.1, 0.15) is 5.56 Å². The number of nitrogens with zero attached hydrogens (tertiary/aromatic N) is 1. The maximum Gasteiger partial charge on any atom is 0.282 e. The Labute approximate surface area is 139 Å². The lowest BCUT2D eigenvalue weighted by Crippen LogP contribution is -2.35. The zero-order valence-electron chi connectivity index (χ0n) is 12.8. The number of nitrogens with one attached hydrogen (secondary N) is 1. The zero-order valence-corrected chi connectivity index (χ0v) is 12.8. The van der Waals surface area contributed by atoms with Gasteiger partial charge >= 0.3 is 0 Å². The van der Waals surface area contributed by atoms with Crippen LogP contribution in [-0.2, 0) is 9.59 Å². The average molecular weight is 314 g/mol. The van der Waals surface area contributed by atoms with Gasteiger partial charge in [0.05, 0.1) is 5.69 Å². The van der Waals surface area contributed by atoms with Gasteiger partial charge in [0.1, 0.15) is 5.57 Å². The first-order valence-electron chi connectivity index (χ1n) is 7.63. The van der Waals surface area contributed by atoms with Gasteiger partial charge in [0.15, 0.2) is 0 Å². The summed E-state index contributed by atoms with van der Waals surface area (Å²) in [7, 11) is 0. The Morgan fingerprint density at radius 3 is 2.29 bits per heavy atom. The van der Waals surface area contributed by atoms with Crippen LogP contribution >= 0.6 is 0 Å². The minimum atomic E-state index is -0.392.